The van der Waals surface area contributed by atoms with Crippen LogP contribution in [0.2, 0.25) is 0 Å². The van der Waals surface area contributed by atoms with Crippen molar-refractivity contribution < 1.29 is 174 Å². The van der Waals surface area contributed by atoms with Gasteiger partial charge in [-0.3, -0.25) is 72.1 Å². The Labute approximate surface area is 733 Å². The molecule has 0 aliphatic heterocycles. The third-order valence-corrected chi connectivity index (χ3v) is 21.6. The first-order valence-electron chi connectivity index (χ1n) is 39.4. The normalized spacial score (nSPS) is 16.0. The quantitative estimate of drug-likeness (QED) is 0.0142. The zero-order chi connectivity index (χ0) is 95.0. The number of carbonyl (C=O) groups is 15. The number of benzene rings is 1. The van der Waals surface area contributed by atoms with Gasteiger partial charge in [0.1, 0.15) is 79.4 Å². The van der Waals surface area contributed by atoms with Gasteiger partial charge in [-0.1, -0.05) is 29.0 Å². The summed E-state index contributed by atoms with van der Waals surface area (Å²) in [4.78, 5) is 230. The first-order valence-corrected chi connectivity index (χ1v) is 41.9. The van der Waals surface area contributed by atoms with Gasteiger partial charge < -0.3 is 150 Å². The summed E-state index contributed by atoms with van der Waals surface area (Å²) in [5.74, 6) is -24.8. The molecule has 0 aliphatic rings. The maximum atomic E-state index is 14.9. The van der Waals surface area contributed by atoms with E-state index in [-0.39, 0.29) is 54.7 Å². The van der Waals surface area contributed by atoms with E-state index in [0.717, 1.165) is 21.6 Å². The Morgan fingerprint density at radius 2 is 0.882 bits per heavy atom. The number of carboxylic acids is 4. The van der Waals surface area contributed by atoms with Crippen molar-refractivity contribution in [3.05, 3.63) is 52.1 Å². The first kappa shape index (κ1) is 113. The minimum Gasteiger partial charge on any atom is -0.481 e. The SMILES string of the molecule is C.CC(C)(C)C(=O)OCCSSC[C@@H](NC(=O)[C@H](CCC(=O)NC[C@H](O)[C@@H](O)[C@H](O)[C@H](O)CO)CC(=O)[C@@H](CCC(=O)O)NC(=O)[C@H](CCC(=O)NC[C@H](O)[C@@H](O)[C@H](O)[C@H](O)CO)CC(=O)[C@@H](CCC(=O)O)NC(=O)[C@H](CCC(=O)NC[C@H](O)[C@@H](O)[C@H](O)[C@H](O)CO)CC(=O)CC[C@@H](NC(=O)c1ccc(NCc2cnc3nc(N)[nH]c(=O)c3n2)cc1)C(=O)O)C(=O)O. The van der Waals surface area contributed by atoms with E-state index in [4.69, 9.17) is 10.5 Å². The molecule has 0 bridgehead atoms. The van der Waals surface area contributed by atoms with E-state index in [2.05, 4.69) is 62.5 Å². The molecule has 49 nitrogen and oxygen atoms in total. The molecular weight excluding hydrogens is 1740 g/mol. The fourth-order valence-electron chi connectivity index (χ4n) is 11.6. The van der Waals surface area contributed by atoms with Gasteiger partial charge in [0.15, 0.2) is 22.7 Å². The van der Waals surface area contributed by atoms with Gasteiger partial charge >= 0.3 is 29.8 Å². The van der Waals surface area contributed by atoms with Gasteiger partial charge in [0.2, 0.25) is 41.4 Å². The zero-order valence-electron chi connectivity index (χ0n) is 68.7. The van der Waals surface area contributed by atoms with Crippen LogP contribution in [0.1, 0.15) is 141 Å². The lowest BCUT2D eigenvalue weighted by molar-refractivity contribution is -0.152. The van der Waals surface area contributed by atoms with E-state index < -0.39 is 356 Å². The number of aliphatic hydroxyl groups is 15. The lowest BCUT2D eigenvalue weighted by Crippen LogP contribution is -2.50. The van der Waals surface area contributed by atoms with Crippen molar-refractivity contribution in [1.82, 2.24) is 57.2 Å². The molecule has 19 atom stereocenters. The standard InChI is InChI=1S/C75H113N13O36S2.CH4/c1-75(2,3)73(123)124-20-21-125-126-33-44(72(121)122)86-69(117)37(8-17-55(103)80-29-49(97)61(110)64(113)52(100)32-91)24-46(94)42(14-19-57(106)107)84-68(116)36(7-16-54(102)79-28-48(96)60(109)63(112)51(99)31-90)23-45(93)41(13-18-56(104)105)83-67(115)35(6-15-53(101)78-27-47(95)59(108)62(111)50(98)30-89)22-40(92)11-12-43(71(119)120)85-66(114)34-4-9-38(10-5-34)77-25-39-26-81-65-58(82-39)70(118)88-74(76)87-65;/h4-5,9-10,26,35-37,41-44,47-52,59-64,77,89-91,95-100,108-113H,6-8,11-25,27-33H2,1-3H3,(H,78,101)(H,79,102)(H,80,103)(H,83,115)(H,84,116)(H,85,114)(H,86,117)(H,104,105)(H,106,107)(H,119,120)(H,121,122)(H3,76,81,87,88,118);1H4/t35-,36-,37-,41-,42-,43-,44-,47+,48+,49+,50-,51-,52-,59-,60-,61-,62-,63-,64-;/m1./s1. The Morgan fingerprint density at radius 1 is 0.488 bits per heavy atom. The van der Waals surface area contributed by atoms with E-state index in [0.29, 0.717) is 5.69 Å². The van der Waals surface area contributed by atoms with Gasteiger partial charge in [-0.25, -0.2) is 19.6 Å². The van der Waals surface area contributed by atoms with Crippen LogP contribution in [-0.2, 0) is 78.4 Å². The second-order valence-corrected chi connectivity index (χ2v) is 32.9. The number of esters is 1. The highest BCUT2D eigenvalue weighted by Gasteiger charge is 2.39. The second kappa shape index (κ2) is 56.9. The number of nitrogen functional groups attached to an aromatic ring is 1. The lowest BCUT2D eigenvalue weighted by Gasteiger charge is -2.26. The zero-order valence-corrected chi connectivity index (χ0v) is 70.3. The van der Waals surface area contributed by atoms with E-state index in [1.54, 1.807) is 20.8 Å². The fraction of sp³-hybridized carbons (Fsp3) is 0.645. The number of rotatable bonds is 63. The summed E-state index contributed by atoms with van der Waals surface area (Å²) in [6.45, 7) is -1.21. The van der Waals surface area contributed by atoms with Crippen LogP contribution >= 0.6 is 21.6 Å². The molecule has 0 radical (unpaired) electrons. The van der Waals surface area contributed by atoms with Gasteiger partial charge in [-0.2, -0.15) is 4.98 Å². The second-order valence-electron chi connectivity index (χ2n) is 30.3. The summed E-state index contributed by atoms with van der Waals surface area (Å²) in [6, 6.07) is -2.28. The molecule has 0 saturated heterocycles. The number of ketones is 3. The Bertz CT molecular complexity index is 4190. The third kappa shape index (κ3) is 40.8. The highest BCUT2D eigenvalue weighted by Crippen LogP contribution is 2.26. The van der Waals surface area contributed by atoms with Crippen LogP contribution in [0.25, 0.3) is 11.2 Å². The number of nitrogens with two attached hydrogens (primary N) is 1. The Hall–Kier alpha value is -10.2. The summed E-state index contributed by atoms with van der Waals surface area (Å²) < 4.78 is 5.21. The number of aliphatic hydroxyl groups excluding tert-OH is 15. The molecule has 2 aromatic heterocycles. The predicted molar refractivity (Wildman–Crippen MR) is 443 cm³/mol. The molecule has 0 unspecified atom stereocenters. The van der Waals surface area contributed by atoms with Crippen LogP contribution in [0.4, 0.5) is 11.6 Å². The number of carbonyl (C=O) groups excluding carboxylic acids is 11. The summed E-state index contributed by atoms with van der Waals surface area (Å²) in [6.07, 6.45) is -37.0. The topological polar surface area (TPSA) is 843 Å². The average molecular weight is 1850 g/mol. The van der Waals surface area contributed by atoms with Crippen LogP contribution in [0.3, 0.4) is 0 Å². The van der Waals surface area contributed by atoms with E-state index in [9.17, 15) is 174 Å². The number of ether oxygens (including phenoxy) is 1. The summed E-state index contributed by atoms with van der Waals surface area (Å²) in [5, 5.41) is 209. The number of amides is 7. The molecule has 127 heavy (non-hydrogen) atoms. The number of fused-ring (bicyclic) bond motifs is 1. The number of Topliss-reactive ketones (excluding diaryl/α,β-unsaturated/α-hetero) is 3. The molecule has 0 aliphatic carbocycles. The molecule has 3 rings (SSSR count). The minimum absolute atomic E-state index is 0. The van der Waals surface area contributed by atoms with Crippen molar-refractivity contribution in [3.63, 3.8) is 0 Å². The van der Waals surface area contributed by atoms with Crippen molar-refractivity contribution in [2.24, 2.45) is 23.2 Å². The molecular formula is C76H117N13O36S2. The number of nitrogens with zero attached hydrogens (tertiary/aromatic N) is 3. The molecule has 0 fully saturated rings. The Kier molecular flexibility index (Phi) is 50.5. The monoisotopic (exact) mass is 1850 g/mol. The number of aliphatic carboxylic acids is 4. The van der Waals surface area contributed by atoms with Crippen LogP contribution < -0.4 is 53.8 Å². The van der Waals surface area contributed by atoms with Crippen LogP contribution in [0.5, 0.6) is 0 Å². The van der Waals surface area contributed by atoms with Gasteiger partial charge in [0.25, 0.3) is 11.5 Å². The molecule has 51 heteroatoms. The number of nitrogens with one attached hydrogen (secondary N) is 9. The molecule has 714 valence electrons. The van der Waals surface area contributed by atoms with Gasteiger partial charge in [-0.05, 0) is 83.6 Å². The smallest absolute Gasteiger partial charge is 0.327 e. The molecule has 2 heterocycles. The van der Waals surface area contributed by atoms with Gasteiger partial charge in [0, 0.05) is 118 Å². The third-order valence-electron chi connectivity index (χ3n) is 19.2. The van der Waals surface area contributed by atoms with Crippen LogP contribution in [0, 0.1) is 23.2 Å². The maximum absolute atomic E-state index is 14.9. The molecule has 7 amide bonds. The van der Waals surface area contributed by atoms with Crippen molar-refractivity contribution >= 4 is 133 Å². The summed E-state index contributed by atoms with van der Waals surface area (Å²) >= 11 is 0. The van der Waals surface area contributed by atoms with E-state index >= 15 is 0 Å². The molecule has 30 N–H and O–H groups in total. The number of H-pyrrole nitrogens is 1. The van der Waals surface area contributed by atoms with Crippen molar-refractivity contribution in [3.8, 4) is 0 Å². The number of aromatic amines is 1. The largest absolute Gasteiger partial charge is 0.481 e. The molecule has 0 spiro atoms. The van der Waals surface area contributed by atoms with Gasteiger partial charge in [-0.15, -0.1) is 0 Å². The number of hydrogen-bond donors (Lipinski definition) is 29. The number of hydrogen-bond acceptors (Lipinski definition) is 39. The minimum atomic E-state index is -2.23. The summed E-state index contributed by atoms with van der Waals surface area (Å²) in [5.41, 5.74) is 4.55. The summed E-state index contributed by atoms with van der Waals surface area (Å²) in [7, 11) is 1.91. The van der Waals surface area contributed by atoms with Crippen LogP contribution in [0.15, 0.2) is 35.3 Å². The van der Waals surface area contributed by atoms with Gasteiger partial charge in [0.05, 0.1) is 74.1 Å². The molecule has 0 saturated carbocycles. The number of carboxylic acid groups (broad SMARTS) is 4. The number of anilines is 2. The van der Waals surface area contributed by atoms with Crippen molar-refractivity contribution in [2.75, 3.05) is 68.6 Å². The molecule has 1 aromatic carbocycles. The predicted octanol–water partition coefficient (Wildman–Crippen LogP) is -8.53. The lowest BCUT2D eigenvalue weighted by atomic mass is 9.89. The van der Waals surface area contributed by atoms with Crippen LogP contribution in [-0.4, -0.2) is 360 Å². The first-order chi connectivity index (χ1) is 59.1. The van der Waals surface area contributed by atoms with E-state index in [1.807, 2.05) is 0 Å². The number of aromatic nitrogens is 4. The average Bonchev–Trinajstić information content (AvgIpc) is 0.808. The van der Waals surface area contributed by atoms with Crippen molar-refractivity contribution in [2.45, 2.75) is 228 Å². The Morgan fingerprint density at radius 3 is 1.28 bits per heavy atom. The van der Waals surface area contributed by atoms with E-state index in [1.165, 1.54) is 30.5 Å². The fourth-order valence-corrected chi connectivity index (χ4v) is 13.6. The maximum Gasteiger partial charge on any atom is 0.327 e. The highest BCUT2D eigenvalue weighted by molar-refractivity contribution is 8.76. The highest BCUT2D eigenvalue weighted by atomic mass is 33.1. The molecule has 3 aromatic rings. The Balaban J connectivity index is 0.0000546. The van der Waals surface area contributed by atoms with Crippen molar-refractivity contribution in [1.29, 1.82) is 0 Å².